The topological polar surface area (TPSA) is 92.8 Å². The molecule has 2 aromatic rings. The third-order valence-electron chi connectivity index (χ3n) is 4.74. The van der Waals surface area contributed by atoms with Crippen LogP contribution in [-0.2, 0) is 19.6 Å². The monoisotopic (exact) mass is 402 g/mol. The molecule has 2 amide bonds. The fourth-order valence-electron chi connectivity index (χ4n) is 3.29. The quantitative estimate of drug-likeness (QED) is 0.750. The molecule has 0 saturated carbocycles. The summed E-state index contributed by atoms with van der Waals surface area (Å²) in [4.78, 5) is 25.1. The third kappa shape index (κ3) is 3.79. The number of rotatable bonds is 6. The molecule has 1 atom stereocenters. The Labute approximate surface area is 164 Å². The zero-order valence-corrected chi connectivity index (χ0v) is 16.7. The fourth-order valence-corrected chi connectivity index (χ4v) is 4.54. The summed E-state index contributed by atoms with van der Waals surface area (Å²) < 4.78 is 33.7. The van der Waals surface area contributed by atoms with Crippen molar-refractivity contribution in [3.63, 3.8) is 0 Å². The molecule has 1 heterocycles. The summed E-state index contributed by atoms with van der Waals surface area (Å²) in [5.74, 6) is -0.493. The molecule has 1 aliphatic rings. The minimum absolute atomic E-state index is 0.0452. The summed E-state index contributed by atoms with van der Waals surface area (Å²) in [5, 5.41) is 0. The van der Waals surface area contributed by atoms with Gasteiger partial charge in [0.05, 0.1) is 17.7 Å². The van der Waals surface area contributed by atoms with Crippen LogP contribution in [0.15, 0.2) is 47.4 Å². The van der Waals surface area contributed by atoms with Gasteiger partial charge in [-0.15, -0.1) is 0 Å². The molecule has 28 heavy (non-hydrogen) atoms. The maximum absolute atomic E-state index is 12.9. The van der Waals surface area contributed by atoms with E-state index >= 15 is 0 Å². The number of nitrogens with one attached hydrogen (secondary N) is 1. The molecule has 0 aromatic heterocycles. The molecular formula is C20H22N2O5S. The Morgan fingerprint density at radius 3 is 2.32 bits per heavy atom. The molecular weight excluding hydrogens is 380 g/mol. The SMILES string of the molecule is COc1ccc(S(=O)(=O)NC(C)c2ccccc2C)cc1N1C(=O)CCC1=O. The zero-order chi connectivity index (χ0) is 20.5. The van der Waals surface area contributed by atoms with Gasteiger partial charge < -0.3 is 4.74 Å². The molecule has 148 valence electrons. The molecule has 1 fully saturated rings. The maximum atomic E-state index is 12.9. The first kappa shape index (κ1) is 20.0. The maximum Gasteiger partial charge on any atom is 0.241 e. The molecule has 7 nitrogen and oxygen atoms in total. The van der Waals surface area contributed by atoms with E-state index in [0.29, 0.717) is 0 Å². The highest BCUT2D eigenvalue weighted by molar-refractivity contribution is 7.89. The first-order chi connectivity index (χ1) is 13.2. The van der Waals surface area contributed by atoms with E-state index in [1.54, 1.807) is 6.92 Å². The van der Waals surface area contributed by atoms with Gasteiger partial charge in [0.2, 0.25) is 21.8 Å². The van der Waals surface area contributed by atoms with Crippen LogP contribution in [0.4, 0.5) is 5.69 Å². The van der Waals surface area contributed by atoms with E-state index in [4.69, 9.17) is 4.74 Å². The summed E-state index contributed by atoms with van der Waals surface area (Å²) in [6.45, 7) is 3.67. The molecule has 3 rings (SSSR count). The van der Waals surface area contributed by atoms with Crippen molar-refractivity contribution in [2.45, 2.75) is 37.6 Å². The van der Waals surface area contributed by atoms with E-state index in [9.17, 15) is 18.0 Å². The Morgan fingerprint density at radius 2 is 1.71 bits per heavy atom. The number of ether oxygens (including phenoxy) is 1. The van der Waals surface area contributed by atoms with Crippen LogP contribution in [0.1, 0.15) is 36.9 Å². The van der Waals surface area contributed by atoms with Gasteiger partial charge in [-0.1, -0.05) is 24.3 Å². The van der Waals surface area contributed by atoms with Gasteiger partial charge in [-0.2, -0.15) is 0 Å². The van der Waals surface area contributed by atoms with Gasteiger partial charge in [-0.25, -0.2) is 18.0 Å². The van der Waals surface area contributed by atoms with Crippen LogP contribution in [0.25, 0.3) is 0 Å². The van der Waals surface area contributed by atoms with Crippen LogP contribution in [0.2, 0.25) is 0 Å². The first-order valence-corrected chi connectivity index (χ1v) is 10.3. The number of hydrogen-bond acceptors (Lipinski definition) is 5. The van der Waals surface area contributed by atoms with Crippen molar-refractivity contribution < 1.29 is 22.7 Å². The largest absolute Gasteiger partial charge is 0.495 e. The van der Waals surface area contributed by atoms with Crippen molar-refractivity contribution in [1.29, 1.82) is 0 Å². The van der Waals surface area contributed by atoms with Gasteiger partial charge in [0.15, 0.2) is 0 Å². The second kappa shape index (κ2) is 7.73. The van der Waals surface area contributed by atoms with Gasteiger partial charge in [-0.05, 0) is 43.2 Å². The van der Waals surface area contributed by atoms with Crippen LogP contribution in [0, 0.1) is 6.92 Å². The Balaban J connectivity index is 1.96. The zero-order valence-electron chi connectivity index (χ0n) is 15.9. The average molecular weight is 402 g/mol. The second-order valence-electron chi connectivity index (χ2n) is 6.66. The molecule has 1 unspecified atom stereocenters. The number of benzene rings is 2. The van der Waals surface area contributed by atoms with Crippen LogP contribution < -0.4 is 14.4 Å². The van der Waals surface area contributed by atoms with Crippen LogP contribution in [0.5, 0.6) is 5.75 Å². The predicted octanol–water partition coefficient (Wildman–Crippen LogP) is 2.70. The first-order valence-electron chi connectivity index (χ1n) is 8.86. The average Bonchev–Trinajstić information content (AvgIpc) is 2.99. The van der Waals surface area contributed by atoms with Crippen molar-refractivity contribution in [3.8, 4) is 5.75 Å². The van der Waals surface area contributed by atoms with Crippen LogP contribution >= 0.6 is 0 Å². The van der Waals surface area contributed by atoms with Gasteiger partial charge in [0, 0.05) is 18.9 Å². The summed E-state index contributed by atoms with van der Waals surface area (Å²) >= 11 is 0. The Bertz CT molecular complexity index is 1020. The minimum atomic E-state index is -3.89. The van der Waals surface area contributed by atoms with E-state index in [2.05, 4.69) is 4.72 Å². The highest BCUT2D eigenvalue weighted by atomic mass is 32.2. The molecule has 1 N–H and O–H groups in total. The number of nitrogens with zero attached hydrogens (tertiary/aromatic N) is 1. The van der Waals surface area contributed by atoms with Crippen molar-refractivity contribution in [1.82, 2.24) is 4.72 Å². The Kier molecular flexibility index (Phi) is 5.53. The molecule has 1 aliphatic heterocycles. The second-order valence-corrected chi connectivity index (χ2v) is 8.37. The van der Waals surface area contributed by atoms with Gasteiger partial charge >= 0.3 is 0 Å². The number of aryl methyl sites for hydroxylation is 1. The predicted molar refractivity (Wildman–Crippen MR) is 105 cm³/mol. The summed E-state index contributed by atoms with van der Waals surface area (Å²) in [6, 6.07) is 11.2. The smallest absolute Gasteiger partial charge is 0.241 e. The number of hydrogen-bond donors (Lipinski definition) is 1. The van der Waals surface area contributed by atoms with Crippen molar-refractivity contribution in [2.75, 3.05) is 12.0 Å². The number of carbonyl (C=O) groups is 2. The van der Waals surface area contributed by atoms with Crippen molar-refractivity contribution in [2.24, 2.45) is 0 Å². The van der Waals surface area contributed by atoms with E-state index in [-0.39, 0.29) is 41.0 Å². The fraction of sp³-hybridized carbons (Fsp3) is 0.300. The van der Waals surface area contributed by atoms with Gasteiger partial charge in [-0.3, -0.25) is 9.59 Å². The van der Waals surface area contributed by atoms with E-state index < -0.39 is 16.1 Å². The summed E-state index contributed by atoms with van der Waals surface area (Å²) in [6.07, 6.45) is 0.197. The van der Waals surface area contributed by atoms with E-state index in [1.807, 2.05) is 31.2 Å². The number of carbonyl (C=O) groups excluding carboxylic acids is 2. The number of amides is 2. The Hall–Kier alpha value is -2.71. The molecule has 8 heteroatoms. The molecule has 0 aliphatic carbocycles. The number of sulfonamides is 1. The van der Waals surface area contributed by atoms with Crippen molar-refractivity contribution >= 4 is 27.5 Å². The highest BCUT2D eigenvalue weighted by Gasteiger charge is 2.33. The van der Waals surface area contributed by atoms with Crippen molar-refractivity contribution in [3.05, 3.63) is 53.6 Å². The Morgan fingerprint density at radius 1 is 1.07 bits per heavy atom. The van der Waals surface area contributed by atoms with Gasteiger partial charge in [0.25, 0.3) is 0 Å². The third-order valence-corrected chi connectivity index (χ3v) is 6.28. The molecule has 0 spiro atoms. The number of methoxy groups -OCH3 is 1. The lowest BCUT2D eigenvalue weighted by molar-refractivity contribution is -0.121. The standard InChI is InChI=1S/C20H22N2O5S/c1-13-6-4-5-7-16(13)14(2)21-28(25,26)15-8-9-18(27-3)17(12-15)22-19(23)10-11-20(22)24/h4-9,12,14,21H,10-11H2,1-3H3. The van der Waals surface area contributed by atoms with Crippen LogP contribution in [-0.4, -0.2) is 27.3 Å². The molecule has 0 bridgehead atoms. The molecule has 0 radical (unpaired) electrons. The summed E-state index contributed by atoms with van der Waals surface area (Å²) in [7, 11) is -2.49. The lowest BCUT2D eigenvalue weighted by Crippen LogP contribution is -2.30. The van der Waals surface area contributed by atoms with Crippen LogP contribution in [0.3, 0.4) is 0 Å². The lowest BCUT2D eigenvalue weighted by Gasteiger charge is -2.20. The van der Waals surface area contributed by atoms with E-state index in [1.165, 1.54) is 25.3 Å². The minimum Gasteiger partial charge on any atom is -0.495 e. The molecule has 1 saturated heterocycles. The normalized spacial score (nSPS) is 15.8. The molecule has 2 aromatic carbocycles. The lowest BCUT2D eigenvalue weighted by atomic mass is 10.0. The van der Waals surface area contributed by atoms with Gasteiger partial charge in [0.1, 0.15) is 5.75 Å². The highest BCUT2D eigenvalue weighted by Crippen LogP contribution is 2.34. The number of anilines is 1. The van der Waals surface area contributed by atoms with E-state index in [0.717, 1.165) is 16.0 Å². The summed E-state index contributed by atoms with van der Waals surface area (Å²) in [5.41, 5.74) is 1.98. The number of imide groups is 1.